The minimum Gasteiger partial charge on any atom is -0.347 e. The zero-order chi connectivity index (χ0) is 95.6. The minimum atomic E-state index is 0.581. The molecule has 0 unspecified atom stereocenters. The second kappa shape index (κ2) is 66.2. The van der Waals surface area contributed by atoms with Crippen molar-refractivity contribution in [1.82, 2.24) is 64.4 Å². The van der Waals surface area contributed by atoms with Crippen molar-refractivity contribution < 1.29 is 0 Å². The van der Waals surface area contributed by atoms with E-state index < -0.39 is 0 Å². The molecule has 0 radical (unpaired) electrons. The van der Waals surface area contributed by atoms with Crippen LogP contribution in [0, 0.1) is 34.6 Å². The van der Waals surface area contributed by atoms with E-state index in [0.717, 1.165) is 104 Å². The molecule has 0 bridgehead atoms. The van der Waals surface area contributed by atoms with Crippen LogP contribution in [0.2, 0.25) is 0 Å². The molecule has 0 amide bonds. The van der Waals surface area contributed by atoms with Crippen LogP contribution in [0.15, 0.2) is 317 Å². The number of pyridine rings is 2. The maximum absolute atomic E-state index is 5.66. The summed E-state index contributed by atoms with van der Waals surface area (Å²) in [5.74, 6) is 2.99. The molecule has 17 rings (SSSR count). The highest BCUT2D eigenvalue weighted by Crippen LogP contribution is 2.33. The van der Waals surface area contributed by atoms with Crippen LogP contribution < -0.4 is 32.3 Å². The quantitative estimate of drug-likeness (QED) is 0.0467. The van der Waals surface area contributed by atoms with E-state index in [4.69, 9.17) is 10.7 Å². The summed E-state index contributed by atoms with van der Waals surface area (Å²) in [6.07, 6.45) is 24.4. The average Bonchev–Trinajstić information content (AvgIpc) is 1.63. The van der Waals surface area contributed by atoms with Gasteiger partial charge in [0.1, 0.15) is 0 Å². The molecular formula is C111H143N19. The lowest BCUT2D eigenvalue weighted by molar-refractivity contribution is 0.671. The molecule has 0 saturated carbocycles. The predicted molar refractivity (Wildman–Crippen MR) is 561 cm³/mol. The van der Waals surface area contributed by atoms with Crippen molar-refractivity contribution in [2.75, 3.05) is 33.1 Å². The van der Waals surface area contributed by atoms with E-state index in [0.29, 0.717) is 36.3 Å². The van der Waals surface area contributed by atoms with Gasteiger partial charge in [-0.15, -0.1) is 0 Å². The van der Waals surface area contributed by atoms with Crippen molar-refractivity contribution in [2.45, 2.75) is 192 Å². The smallest absolute Gasteiger partial charge is 0.227 e. The van der Waals surface area contributed by atoms with Gasteiger partial charge in [0.2, 0.25) is 29.7 Å². The number of fused-ring (bicyclic) bond motifs is 2. The minimum absolute atomic E-state index is 0.581. The van der Waals surface area contributed by atoms with Gasteiger partial charge < -0.3 is 36.9 Å². The second-order valence-corrected chi connectivity index (χ2v) is 26.0. The third-order valence-corrected chi connectivity index (χ3v) is 17.4. The standard InChI is InChI=1S/C22H23N5.C20H17N3.C17H15N3.2C16H14N4.10C2H6/c1-16-5-2-6-17(15-16)25-22-24-12-9-20(26-22)18-7-3-8-21-19(18)10-14-27(21)13-4-11-23;1-14-5-2-8-16(13-14)22-20-21-12-11-19(23-20)18-10-4-7-15-6-3-9-17(15)18;1-13-6-5-9-15(12-13)19-17-18-11-10-16(20-17)14-7-3-2-4-8-14;1-12-4-2-6-14(10-12)19-16-18-9-7-15(20-16)13-5-3-8-17-11-13;1-12-3-2-4-14(11-12)19-16-18-10-7-15(20-16)13-5-8-17-9-6-13;10*1-2/h2-3,5-10,12,14-15H,4,11,13,23H2,1H3,(H,24,25,26);2-5,7-13H,6H2,1H3,(H,21,22,23);2-12H,1H3,(H,18,19,20);2*2-11H,1H3,(H,18,19,20);10*1-2H3. The van der Waals surface area contributed by atoms with Crippen LogP contribution in [-0.2, 0) is 13.0 Å². The van der Waals surface area contributed by atoms with E-state index in [-0.39, 0.29) is 0 Å². The molecule has 8 aromatic heterocycles. The van der Waals surface area contributed by atoms with Crippen LogP contribution in [0.5, 0.6) is 0 Å². The number of hydrogen-bond donors (Lipinski definition) is 6. The lowest BCUT2D eigenvalue weighted by Crippen LogP contribution is -2.04. The molecule has 0 spiro atoms. The summed E-state index contributed by atoms with van der Waals surface area (Å²) in [6.45, 7) is 51.9. The summed E-state index contributed by atoms with van der Waals surface area (Å²) in [7, 11) is 0. The second-order valence-electron chi connectivity index (χ2n) is 26.0. The molecule has 0 atom stereocenters. The summed E-state index contributed by atoms with van der Waals surface area (Å²) in [5.41, 5.74) is 30.3. The Morgan fingerprint density at radius 1 is 0.300 bits per heavy atom. The zero-order valence-electron chi connectivity index (χ0n) is 81.8. The maximum atomic E-state index is 5.66. The number of aromatic nitrogens is 13. The van der Waals surface area contributed by atoms with E-state index >= 15 is 0 Å². The van der Waals surface area contributed by atoms with E-state index in [1.807, 2.05) is 284 Å². The third kappa shape index (κ3) is 37.3. The van der Waals surface area contributed by atoms with Gasteiger partial charge in [-0.3, -0.25) is 9.97 Å². The number of hydrogen-bond acceptors (Lipinski definition) is 18. The van der Waals surface area contributed by atoms with Crippen molar-refractivity contribution in [3.8, 4) is 56.3 Å². The Morgan fingerprint density at radius 3 is 1.02 bits per heavy atom. The van der Waals surface area contributed by atoms with Crippen molar-refractivity contribution in [2.24, 2.45) is 5.73 Å². The summed E-state index contributed by atoms with van der Waals surface area (Å²) < 4.78 is 2.25. The molecule has 7 N–H and O–H groups in total. The molecule has 0 saturated heterocycles. The SMILES string of the molecule is CC.CC.CC.CC.CC.CC.CC.CC.CC.CC.Cc1cccc(Nc2nccc(-c3cccc4c3C=CC4)n2)c1.Cc1cccc(Nc2nccc(-c3cccc4c3ccn4CCCN)n2)c1.Cc1cccc(Nc2nccc(-c3ccccc3)n2)c1.Cc1cccc(Nc2nccc(-c3cccnc3)n2)c1.Cc1cccc(Nc2nccc(-c3ccncc3)n2)c1. The molecule has 0 aliphatic heterocycles. The number of rotatable bonds is 18. The monoisotopic (exact) mass is 1740 g/mol. The number of nitrogens with one attached hydrogen (secondary N) is 5. The highest BCUT2D eigenvalue weighted by molar-refractivity contribution is 5.95. The Labute approximate surface area is 778 Å². The fraction of sp³-hybridized carbons (Fsp3) is 0.261. The molecule has 19 heteroatoms. The molecule has 130 heavy (non-hydrogen) atoms. The van der Waals surface area contributed by atoms with Gasteiger partial charge in [-0.1, -0.05) is 272 Å². The third-order valence-electron chi connectivity index (χ3n) is 17.4. The van der Waals surface area contributed by atoms with E-state index in [9.17, 15) is 0 Å². The van der Waals surface area contributed by atoms with Crippen molar-refractivity contribution in [1.29, 1.82) is 0 Å². The lowest BCUT2D eigenvalue weighted by Gasteiger charge is -2.10. The zero-order valence-corrected chi connectivity index (χ0v) is 81.8. The fourth-order valence-corrected chi connectivity index (χ4v) is 12.2. The number of allylic oxidation sites excluding steroid dienone is 1. The Bertz CT molecular complexity index is 5420. The van der Waals surface area contributed by atoms with E-state index in [1.165, 1.54) is 49.8 Å². The molecule has 1 aliphatic rings. The molecule has 19 nitrogen and oxygen atoms in total. The first-order valence-electron chi connectivity index (χ1n) is 46.2. The number of benzene rings is 8. The predicted octanol–water partition coefficient (Wildman–Crippen LogP) is 30.9. The van der Waals surface area contributed by atoms with Crippen LogP contribution in [0.4, 0.5) is 58.2 Å². The largest absolute Gasteiger partial charge is 0.347 e. The first-order valence-corrected chi connectivity index (χ1v) is 46.2. The fourth-order valence-electron chi connectivity index (χ4n) is 12.2. The molecular weight excluding hydrogens is 1600 g/mol. The number of aryl methyl sites for hydroxylation is 6. The number of anilines is 10. The Kier molecular flexibility index (Phi) is 55.9. The van der Waals surface area contributed by atoms with Gasteiger partial charge >= 0.3 is 0 Å². The topological polar surface area (TPSA) is 246 Å². The molecule has 16 aromatic rings. The van der Waals surface area contributed by atoms with Gasteiger partial charge in [0.15, 0.2) is 0 Å². The number of nitrogens with two attached hydrogens (primary N) is 1. The van der Waals surface area contributed by atoms with Gasteiger partial charge in [-0.2, -0.15) is 0 Å². The van der Waals surface area contributed by atoms with Gasteiger partial charge in [0, 0.05) is 136 Å². The molecule has 8 heterocycles. The highest BCUT2D eigenvalue weighted by atomic mass is 15.1. The van der Waals surface area contributed by atoms with Gasteiger partial charge in [-0.05, 0) is 220 Å². The van der Waals surface area contributed by atoms with Crippen LogP contribution in [-0.4, -0.2) is 70.9 Å². The molecule has 1 aliphatic carbocycles. The Morgan fingerprint density at radius 2 is 0.638 bits per heavy atom. The Hall–Kier alpha value is -14.3. The molecule has 8 aromatic carbocycles. The summed E-state index contributed by atoms with van der Waals surface area (Å²) in [6, 6.07) is 83.0. The highest BCUT2D eigenvalue weighted by Gasteiger charge is 2.15. The summed E-state index contributed by atoms with van der Waals surface area (Å²) in [5, 5.41) is 17.4. The maximum Gasteiger partial charge on any atom is 0.227 e. The lowest BCUT2D eigenvalue weighted by atomic mass is 10.0. The first-order chi connectivity index (χ1) is 64.0. The Balaban J connectivity index is 0.000000400. The van der Waals surface area contributed by atoms with Gasteiger partial charge in [0.05, 0.1) is 28.5 Å². The average molecular weight is 1740 g/mol. The van der Waals surface area contributed by atoms with Gasteiger partial charge in [0.25, 0.3) is 0 Å². The van der Waals surface area contributed by atoms with Crippen LogP contribution in [0.1, 0.15) is 184 Å². The van der Waals surface area contributed by atoms with Gasteiger partial charge in [-0.25, -0.2) is 49.8 Å². The normalized spacial score (nSPS) is 9.65. The first kappa shape index (κ1) is 110. The molecule has 0 fully saturated rings. The summed E-state index contributed by atoms with van der Waals surface area (Å²) in [4.78, 5) is 52.6. The number of nitrogens with zero attached hydrogens (tertiary/aromatic N) is 13. The van der Waals surface area contributed by atoms with E-state index in [1.54, 1.807) is 55.8 Å². The summed E-state index contributed by atoms with van der Waals surface area (Å²) >= 11 is 0. The van der Waals surface area contributed by atoms with Crippen LogP contribution in [0.3, 0.4) is 0 Å². The van der Waals surface area contributed by atoms with Crippen LogP contribution >= 0.6 is 0 Å². The molecule has 682 valence electrons. The van der Waals surface area contributed by atoms with Crippen molar-refractivity contribution in [3.63, 3.8) is 0 Å². The van der Waals surface area contributed by atoms with E-state index in [2.05, 4.69) is 242 Å². The van der Waals surface area contributed by atoms with Crippen LogP contribution in [0.25, 0.3) is 73.3 Å². The van der Waals surface area contributed by atoms with Crippen molar-refractivity contribution >= 4 is 75.2 Å². The van der Waals surface area contributed by atoms with Crippen molar-refractivity contribution in [3.05, 3.63) is 356 Å².